The van der Waals surface area contributed by atoms with Crippen molar-refractivity contribution < 1.29 is 14.3 Å². The molecule has 0 N–H and O–H groups in total. The number of carbonyl (C=O) groups excluding carboxylic acids is 2. The van der Waals surface area contributed by atoms with Crippen LogP contribution < -0.4 is 4.90 Å². The molecule has 0 radical (unpaired) electrons. The molecule has 2 amide bonds. The molecule has 0 aromatic heterocycles. The summed E-state index contributed by atoms with van der Waals surface area (Å²) >= 11 is 0. The number of anilines is 1. The van der Waals surface area contributed by atoms with Crippen molar-refractivity contribution in [1.29, 1.82) is 0 Å². The van der Waals surface area contributed by atoms with E-state index in [1.165, 1.54) is 16.7 Å². The Kier molecular flexibility index (Phi) is 6.49. The zero-order valence-electron chi connectivity index (χ0n) is 18.6. The normalized spacial score (nSPS) is 16.2. The van der Waals surface area contributed by atoms with E-state index in [0.717, 1.165) is 24.9 Å². The Balaban J connectivity index is 1.65. The standard InChI is InChI=1S/C25H32N2O3/c1-25(2,3)30-24(29)26(4)15-9-12-20-17-21-16-19(18-10-7-6-8-11-18)13-14-22(21)27(5)23(20)28/h6-8,10-11,13-14,16,20H,9,12,15,17H2,1-5H3. The van der Waals surface area contributed by atoms with Crippen molar-refractivity contribution in [1.82, 2.24) is 4.90 Å². The summed E-state index contributed by atoms with van der Waals surface area (Å²) in [5.74, 6) is 0.0791. The first-order chi connectivity index (χ1) is 14.2. The second-order valence-electron chi connectivity index (χ2n) is 9.05. The highest BCUT2D eigenvalue weighted by molar-refractivity contribution is 5.98. The number of hydrogen-bond acceptors (Lipinski definition) is 3. The molecule has 3 rings (SSSR count). The Bertz CT molecular complexity index is 902. The lowest BCUT2D eigenvalue weighted by atomic mass is 9.87. The van der Waals surface area contributed by atoms with Gasteiger partial charge in [0.2, 0.25) is 5.91 Å². The van der Waals surface area contributed by atoms with E-state index in [-0.39, 0.29) is 17.9 Å². The minimum Gasteiger partial charge on any atom is -0.444 e. The van der Waals surface area contributed by atoms with Crippen LogP contribution in [-0.4, -0.2) is 43.1 Å². The second kappa shape index (κ2) is 8.90. The summed E-state index contributed by atoms with van der Waals surface area (Å²) in [5.41, 5.74) is 4.02. The van der Waals surface area contributed by atoms with Crippen molar-refractivity contribution in [3.63, 3.8) is 0 Å². The van der Waals surface area contributed by atoms with E-state index in [9.17, 15) is 9.59 Å². The number of carbonyl (C=O) groups is 2. The second-order valence-corrected chi connectivity index (χ2v) is 9.05. The topological polar surface area (TPSA) is 49.9 Å². The fraction of sp³-hybridized carbons (Fsp3) is 0.440. The highest BCUT2D eigenvalue weighted by Crippen LogP contribution is 2.34. The van der Waals surface area contributed by atoms with Crippen LogP contribution >= 0.6 is 0 Å². The van der Waals surface area contributed by atoms with E-state index in [1.54, 1.807) is 16.8 Å². The molecule has 0 spiro atoms. The van der Waals surface area contributed by atoms with E-state index < -0.39 is 5.60 Å². The smallest absolute Gasteiger partial charge is 0.410 e. The summed E-state index contributed by atoms with van der Waals surface area (Å²) in [6.45, 7) is 6.14. The van der Waals surface area contributed by atoms with Crippen LogP contribution in [0.3, 0.4) is 0 Å². The summed E-state index contributed by atoms with van der Waals surface area (Å²) in [5, 5.41) is 0. The van der Waals surface area contributed by atoms with E-state index in [1.807, 2.05) is 52.1 Å². The van der Waals surface area contributed by atoms with Crippen molar-refractivity contribution in [3.05, 3.63) is 54.1 Å². The van der Waals surface area contributed by atoms with Gasteiger partial charge in [0.1, 0.15) is 5.60 Å². The first-order valence-electron chi connectivity index (χ1n) is 10.6. The van der Waals surface area contributed by atoms with Gasteiger partial charge in [0, 0.05) is 32.2 Å². The monoisotopic (exact) mass is 408 g/mol. The highest BCUT2D eigenvalue weighted by Gasteiger charge is 2.30. The number of fused-ring (bicyclic) bond motifs is 1. The van der Waals surface area contributed by atoms with Gasteiger partial charge in [-0.25, -0.2) is 4.79 Å². The number of nitrogens with zero attached hydrogens (tertiary/aromatic N) is 2. The summed E-state index contributed by atoms with van der Waals surface area (Å²) < 4.78 is 5.39. The number of amides is 2. The minimum atomic E-state index is -0.506. The highest BCUT2D eigenvalue weighted by atomic mass is 16.6. The van der Waals surface area contributed by atoms with Crippen molar-refractivity contribution in [3.8, 4) is 11.1 Å². The average molecular weight is 409 g/mol. The molecular formula is C25H32N2O3. The Labute approximate surface area is 179 Å². The van der Waals surface area contributed by atoms with Crippen LogP contribution in [0.15, 0.2) is 48.5 Å². The van der Waals surface area contributed by atoms with Gasteiger partial charge in [0.15, 0.2) is 0 Å². The van der Waals surface area contributed by atoms with E-state index in [2.05, 4.69) is 24.3 Å². The van der Waals surface area contributed by atoms with Crippen molar-refractivity contribution >= 4 is 17.7 Å². The molecule has 1 atom stereocenters. The van der Waals surface area contributed by atoms with Gasteiger partial charge >= 0.3 is 6.09 Å². The predicted octanol–water partition coefficient (Wildman–Crippen LogP) is 5.14. The fourth-order valence-electron chi connectivity index (χ4n) is 3.86. The predicted molar refractivity (Wildman–Crippen MR) is 121 cm³/mol. The molecule has 5 heteroatoms. The van der Waals surface area contributed by atoms with Gasteiger partial charge in [-0.15, -0.1) is 0 Å². The first-order valence-corrected chi connectivity index (χ1v) is 10.6. The first kappa shape index (κ1) is 21.9. The van der Waals surface area contributed by atoms with Crippen LogP contribution in [0.5, 0.6) is 0 Å². The van der Waals surface area contributed by atoms with Crippen molar-refractivity contribution in [2.45, 2.75) is 45.6 Å². The average Bonchev–Trinajstić information content (AvgIpc) is 2.70. The van der Waals surface area contributed by atoms with Crippen LogP contribution in [0.25, 0.3) is 11.1 Å². The largest absolute Gasteiger partial charge is 0.444 e. The summed E-state index contributed by atoms with van der Waals surface area (Å²) in [7, 11) is 3.59. The summed E-state index contributed by atoms with van der Waals surface area (Å²) in [6.07, 6.45) is 1.90. The summed E-state index contributed by atoms with van der Waals surface area (Å²) in [6, 6.07) is 16.6. The van der Waals surface area contributed by atoms with Gasteiger partial charge < -0.3 is 14.5 Å². The van der Waals surface area contributed by atoms with E-state index in [4.69, 9.17) is 4.74 Å². The van der Waals surface area contributed by atoms with Gasteiger partial charge in [-0.05, 0) is 68.9 Å². The number of rotatable bonds is 5. The number of ether oxygens (including phenoxy) is 1. The van der Waals surface area contributed by atoms with E-state index >= 15 is 0 Å². The molecule has 5 nitrogen and oxygen atoms in total. The van der Waals surface area contributed by atoms with Gasteiger partial charge in [-0.2, -0.15) is 0 Å². The third-order valence-corrected chi connectivity index (χ3v) is 5.45. The maximum Gasteiger partial charge on any atom is 0.410 e. The van der Waals surface area contributed by atoms with E-state index in [0.29, 0.717) is 6.54 Å². The Hall–Kier alpha value is -2.82. The molecule has 0 aliphatic carbocycles. The van der Waals surface area contributed by atoms with Gasteiger partial charge in [-0.1, -0.05) is 36.4 Å². The lowest BCUT2D eigenvalue weighted by Gasteiger charge is -2.32. The fourth-order valence-corrected chi connectivity index (χ4v) is 3.86. The SMILES string of the molecule is CN(CCCC1Cc2cc(-c3ccccc3)ccc2N(C)C1=O)C(=O)OC(C)(C)C. The third kappa shape index (κ3) is 5.21. The number of hydrogen-bond donors (Lipinski definition) is 0. The maximum atomic E-state index is 12.9. The zero-order chi connectivity index (χ0) is 21.9. The lowest BCUT2D eigenvalue weighted by molar-refractivity contribution is -0.122. The maximum absolute atomic E-state index is 12.9. The summed E-state index contributed by atoms with van der Waals surface area (Å²) in [4.78, 5) is 28.3. The van der Waals surface area contributed by atoms with Crippen LogP contribution in [0.2, 0.25) is 0 Å². The van der Waals surface area contributed by atoms with Crippen molar-refractivity contribution in [2.24, 2.45) is 5.92 Å². The Morgan fingerprint density at radius 3 is 2.50 bits per heavy atom. The third-order valence-electron chi connectivity index (χ3n) is 5.45. The molecular weight excluding hydrogens is 376 g/mol. The lowest BCUT2D eigenvalue weighted by Crippen LogP contribution is -2.39. The van der Waals surface area contributed by atoms with Gasteiger partial charge in [-0.3, -0.25) is 4.79 Å². The Morgan fingerprint density at radius 1 is 1.13 bits per heavy atom. The molecule has 2 aromatic carbocycles. The van der Waals surface area contributed by atoms with Crippen LogP contribution in [0.1, 0.15) is 39.2 Å². The molecule has 30 heavy (non-hydrogen) atoms. The number of benzene rings is 2. The molecule has 0 saturated carbocycles. The zero-order valence-corrected chi connectivity index (χ0v) is 18.6. The minimum absolute atomic E-state index is 0.0689. The van der Waals surface area contributed by atoms with Gasteiger partial charge in [0.05, 0.1) is 0 Å². The Morgan fingerprint density at radius 2 is 1.83 bits per heavy atom. The van der Waals surface area contributed by atoms with Gasteiger partial charge in [0.25, 0.3) is 0 Å². The molecule has 1 unspecified atom stereocenters. The molecule has 1 aliphatic rings. The van der Waals surface area contributed by atoms with Crippen molar-refractivity contribution in [2.75, 3.05) is 25.5 Å². The molecule has 0 bridgehead atoms. The van der Waals surface area contributed by atoms with Crippen LogP contribution in [0, 0.1) is 5.92 Å². The molecule has 160 valence electrons. The molecule has 0 fully saturated rings. The molecule has 0 saturated heterocycles. The molecule has 1 aliphatic heterocycles. The van der Waals surface area contributed by atoms with Crippen LogP contribution in [0.4, 0.5) is 10.5 Å². The molecule has 1 heterocycles. The molecule has 2 aromatic rings. The van der Waals surface area contributed by atoms with Crippen LogP contribution in [-0.2, 0) is 16.0 Å². The quantitative estimate of drug-likeness (QED) is 0.689.